The first-order valence-corrected chi connectivity index (χ1v) is 5.84. The summed E-state index contributed by atoms with van der Waals surface area (Å²) in [4.78, 5) is 11.9. The molecule has 0 unspecified atom stereocenters. The van der Waals surface area contributed by atoms with Crippen LogP contribution in [0.4, 0.5) is 5.69 Å². The molecule has 0 aromatic heterocycles. The van der Waals surface area contributed by atoms with Crippen molar-refractivity contribution >= 4 is 11.6 Å². The smallest absolute Gasteiger partial charge is 0.244 e. The third-order valence-corrected chi connectivity index (χ3v) is 3.34. The highest BCUT2D eigenvalue weighted by Crippen LogP contribution is 2.30. The summed E-state index contributed by atoms with van der Waals surface area (Å²) >= 11 is 0. The summed E-state index contributed by atoms with van der Waals surface area (Å²) < 4.78 is 0. The summed E-state index contributed by atoms with van der Waals surface area (Å²) in [5.74, 6) is -0.0420. The van der Waals surface area contributed by atoms with Crippen LogP contribution in [0.25, 0.3) is 0 Å². The van der Waals surface area contributed by atoms with Crippen molar-refractivity contribution in [2.24, 2.45) is 5.73 Å². The molecule has 2 rings (SSSR count). The molecule has 0 aliphatic heterocycles. The maximum atomic E-state index is 11.9. The van der Waals surface area contributed by atoms with Crippen LogP contribution in [0.2, 0.25) is 0 Å². The molecule has 1 aromatic rings. The molecule has 1 saturated carbocycles. The molecule has 0 saturated heterocycles. The molecule has 0 heterocycles. The number of carbonyl (C=O) groups excluding carboxylic acids is 1. The Kier molecular flexibility index (Phi) is 2.97. The van der Waals surface area contributed by atoms with Crippen molar-refractivity contribution in [3.63, 3.8) is 0 Å². The molecule has 86 valence electrons. The maximum Gasteiger partial charge on any atom is 0.244 e. The van der Waals surface area contributed by atoms with Crippen molar-refractivity contribution in [1.82, 2.24) is 0 Å². The van der Waals surface area contributed by atoms with Crippen molar-refractivity contribution in [1.29, 1.82) is 0 Å². The number of benzene rings is 1. The van der Waals surface area contributed by atoms with E-state index in [-0.39, 0.29) is 5.91 Å². The second-order valence-corrected chi connectivity index (χ2v) is 4.47. The molecule has 0 atom stereocenters. The number of aryl methyl sites for hydroxylation is 1. The predicted octanol–water partition coefficient (Wildman–Crippen LogP) is 2.07. The largest absolute Gasteiger partial charge is 0.324 e. The van der Waals surface area contributed by atoms with Crippen molar-refractivity contribution in [2.45, 2.75) is 38.1 Å². The van der Waals surface area contributed by atoms with Gasteiger partial charge in [0, 0.05) is 5.69 Å². The molecule has 1 amide bonds. The first-order valence-electron chi connectivity index (χ1n) is 5.84. The van der Waals surface area contributed by atoms with E-state index in [1.807, 2.05) is 24.3 Å². The van der Waals surface area contributed by atoms with Crippen molar-refractivity contribution in [3.05, 3.63) is 29.8 Å². The van der Waals surface area contributed by atoms with E-state index in [2.05, 4.69) is 12.2 Å². The Bertz CT molecular complexity index is 397. The number of anilines is 1. The lowest BCUT2D eigenvalue weighted by molar-refractivity contribution is -0.123. The minimum atomic E-state index is -0.624. The monoisotopic (exact) mass is 218 g/mol. The fourth-order valence-corrected chi connectivity index (χ4v) is 1.98. The highest BCUT2D eigenvalue weighted by Gasteiger charge is 2.40. The first-order chi connectivity index (χ1) is 7.65. The Morgan fingerprint density at radius 3 is 2.69 bits per heavy atom. The van der Waals surface area contributed by atoms with Crippen LogP contribution in [0.5, 0.6) is 0 Å². The Morgan fingerprint density at radius 2 is 2.12 bits per heavy atom. The van der Waals surface area contributed by atoms with Crippen molar-refractivity contribution in [3.8, 4) is 0 Å². The van der Waals surface area contributed by atoms with Gasteiger partial charge in [-0.1, -0.05) is 25.1 Å². The Balaban J connectivity index is 2.11. The van der Waals surface area contributed by atoms with Gasteiger partial charge in [-0.2, -0.15) is 0 Å². The van der Waals surface area contributed by atoms with Crippen LogP contribution in [0.15, 0.2) is 24.3 Å². The Labute approximate surface area is 96.0 Å². The summed E-state index contributed by atoms with van der Waals surface area (Å²) in [5, 5.41) is 2.94. The number of hydrogen-bond donors (Lipinski definition) is 2. The van der Waals surface area contributed by atoms with Crippen LogP contribution in [-0.4, -0.2) is 11.4 Å². The minimum absolute atomic E-state index is 0.0420. The van der Waals surface area contributed by atoms with E-state index in [4.69, 9.17) is 5.73 Å². The lowest BCUT2D eigenvalue weighted by atomic mass is 9.77. The van der Waals surface area contributed by atoms with Gasteiger partial charge in [0.05, 0.1) is 5.54 Å². The number of amides is 1. The third kappa shape index (κ3) is 1.95. The standard InChI is InChI=1S/C13H18N2O/c1-2-10-6-3-4-7-11(10)15-12(16)13(14)8-5-9-13/h3-4,6-7H,2,5,8-9,14H2,1H3,(H,15,16). The van der Waals surface area contributed by atoms with Gasteiger partial charge in [0.15, 0.2) is 0 Å². The summed E-state index contributed by atoms with van der Waals surface area (Å²) in [7, 11) is 0. The molecule has 1 fully saturated rings. The third-order valence-electron chi connectivity index (χ3n) is 3.34. The lowest BCUT2D eigenvalue weighted by Gasteiger charge is -2.36. The topological polar surface area (TPSA) is 55.1 Å². The number of para-hydroxylation sites is 1. The second-order valence-electron chi connectivity index (χ2n) is 4.47. The number of hydrogen-bond acceptors (Lipinski definition) is 2. The quantitative estimate of drug-likeness (QED) is 0.816. The van der Waals surface area contributed by atoms with Crippen LogP contribution in [0, 0.1) is 0 Å². The molecular formula is C13H18N2O. The van der Waals surface area contributed by atoms with Gasteiger partial charge in [0.1, 0.15) is 0 Å². The maximum absolute atomic E-state index is 11.9. The zero-order valence-corrected chi connectivity index (χ0v) is 9.62. The van der Waals surface area contributed by atoms with Gasteiger partial charge in [-0.25, -0.2) is 0 Å². The molecule has 0 radical (unpaired) electrons. The van der Waals surface area contributed by atoms with Gasteiger partial charge in [-0.3, -0.25) is 4.79 Å². The summed E-state index contributed by atoms with van der Waals surface area (Å²) in [5.41, 5.74) is 7.40. The molecule has 16 heavy (non-hydrogen) atoms. The van der Waals surface area contributed by atoms with E-state index >= 15 is 0 Å². The van der Waals surface area contributed by atoms with E-state index in [1.165, 1.54) is 0 Å². The SMILES string of the molecule is CCc1ccccc1NC(=O)C1(N)CCC1. The Morgan fingerprint density at radius 1 is 1.44 bits per heavy atom. The van der Waals surface area contributed by atoms with Crippen LogP contribution >= 0.6 is 0 Å². The number of nitrogens with one attached hydrogen (secondary N) is 1. The molecule has 1 aliphatic carbocycles. The first kappa shape index (κ1) is 11.1. The minimum Gasteiger partial charge on any atom is -0.324 e. The molecule has 1 aliphatic rings. The zero-order chi connectivity index (χ0) is 11.6. The van der Waals surface area contributed by atoms with E-state index in [0.29, 0.717) is 0 Å². The molecule has 3 heteroatoms. The van der Waals surface area contributed by atoms with E-state index in [9.17, 15) is 4.79 Å². The summed E-state index contributed by atoms with van der Waals surface area (Å²) in [6.07, 6.45) is 3.56. The average Bonchev–Trinajstić information content (AvgIpc) is 2.26. The Hall–Kier alpha value is -1.35. The second kappa shape index (κ2) is 4.26. The fourth-order valence-electron chi connectivity index (χ4n) is 1.98. The van der Waals surface area contributed by atoms with Crippen molar-refractivity contribution in [2.75, 3.05) is 5.32 Å². The van der Waals surface area contributed by atoms with E-state index in [1.54, 1.807) is 0 Å². The lowest BCUT2D eigenvalue weighted by Crippen LogP contribution is -2.56. The van der Waals surface area contributed by atoms with E-state index < -0.39 is 5.54 Å². The molecular weight excluding hydrogens is 200 g/mol. The average molecular weight is 218 g/mol. The molecule has 0 spiro atoms. The van der Waals surface area contributed by atoms with Crippen LogP contribution in [0.3, 0.4) is 0 Å². The number of rotatable bonds is 3. The van der Waals surface area contributed by atoms with Gasteiger partial charge in [-0.15, -0.1) is 0 Å². The summed E-state index contributed by atoms with van der Waals surface area (Å²) in [6, 6.07) is 7.87. The van der Waals surface area contributed by atoms with Gasteiger partial charge in [0.2, 0.25) is 5.91 Å². The van der Waals surface area contributed by atoms with Gasteiger partial charge >= 0.3 is 0 Å². The molecule has 1 aromatic carbocycles. The normalized spacial score (nSPS) is 17.6. The molecule has 3 N–H and O–H groups in total. The van der Waals surface area contributed by atoms with Gasteiger partial charge in [-0.05, 0) is 37.3 Å². The van der Waals surface area contributed by atoms with Crippen LogP contribution in [-0.2, 0) is 11.2 Å². The summed E-state index contributed by atoms with van der Waals surface area (Å²) in [6.45, 7) is 2.08. The van der Waals surface area contributed by atoms with Crippen LogP contribution < -0.4 is 11.1 Å². The zero-order valence-electron chi connectivity index (χ0n) is 9.62. The predicted molar refractivity (Wildman–Crippen MR) is 65.2 cm³/mol. The molecule has 0 bridgehead atoms. The highest BCUT2D eigenvalue weighted by molar-refractivity contribution is 5.99. The van der Waals surface area contributed by atoms with Crippen LogP contribution in [0.1, 0.15) is 31.7 Å². The van der Waals surface area contributed by atoms with Crippen molar-refractivity contribution < 1.29 is 4.79 Å². The van der Waals surface area contributed by atoms with Gasteiger partial charge in [0.25, 0.3) is 0 Å². The number of nitrogens with two attached hydrogens (primary N) is 1. The fraction of sp³-hybridized carbons (Fsp3) is 0.462. The molecule has 3 nitrogen and oxygen atoms in total. The highest BCUT2D eigenvalue weighted by atomic mass is 16.2. The van der Waals surface area contributed by atoms with Gasteiger partial charge < -0.3 is 11.1 Å². The van der Waals surface area contributed by atoms with E-state index in [0.717, 1.165) is 36.9 Å². The number of carbonyl (C=O) groups is 1.